The Balaban J connectivity index is 1.89. The average molecular weight is 179 g/mol. The van der Waals surface area contributed by atoms with Crippen LogP contribution >= 0.6 is 0 Å². The molecule has 0 aromatic heterocycles. The lowest BCUT2D eigenvalue weighted by atomic mass is 9.84. The number of nitrogens with one attached hydrogen (secondary N) is 1. The van der Waals surface area contributed by atoms with Gasteiger partial charge < -0.3 is 10.4 Å². The van der Waals surface area contributed by atoms with E-state index in [4.69, 9.17) is 0 Å². The Labute approximate surface area is 79.7 Å². The topological polar surface area (TPSA) is 32.3 Å². The molecule has 2 aliphatic rings. The monoisotopic (exact) mass is 179 g/mol. The number of rotatable bonds is 2. The maximum atomic E-state index is 9.86. The summed E-state index contributed by atoms with van der Waals surface area (Å²) in [5.41, 5.74) is 0. The second-order valence-electron chi connectivity index (χ2n) is 4.15. The molecule has 2 nitrogen and oxygen atoms in total. The van der Waals surface area contributed by atoms with Gasteiger partial charge in [-0.1, -0.05) is 0 Å². The second kappa shape index (κ2) is 3.69. The van der Waals surface area contributed by atoms with Gasteiger partial charge in [-0.2, -0.15) is 0 Å². The van der Waals surface area contributed by atoms with Crippen molar-refractivity contribution < 1.29 is 5.11 Å². The van der Waals surface area contributed by atoms with Gasteiger partial charge in [-0.3, -0.25) is 0 Å². The first kappa shape index (κ1) is 9.05. The molecule has 4 atom stereocenters. The van der Waals surface area contributed by atoms with Crippen LogP contribution in [0.5, 0.6) is 0 Å². The molecular weight excluding hydrogens is 162 g/mol. The van der Waals surface area contributed by atoms with Gasteiger partial charge in [0.15, 0.2) is 0 Å². The fraction of sp³-hybridized carbons (Fsp3) is 0.818. The Morgan fingerprint density at radius 3 is 2.92 bits per heavy atom. The molecule has 0 aromatic carbocycles. The van der Waals surface area contributed by atoms with Crippen molar-refractivity contribution in [2.75, 3.05) is 0 Å². The smallest absolute Gasteiger partial charge is 0.0692 e. The Morgan fingerprint density at radius 1 is 1.54 bits per heavy atom. The van der Waals surface area contributed by atoms with Crippen LogP contribution in [0.1, 0.15) is 32.6 Å². The Hall–Kier alpha value is -0.520. The predicted molar refractivity (Wildman–Crippen MR) is 52.1 cm³/mol. The van der Waals surface area contributed by atoms with Gasteiger partial charge in [-0.05, 0) is 26.2 Å². The third-order valence-corrected chi connectivity index (χ3v) is 3.33. The lowest BCUT2D eigenvalue weighted by Crippen LogP contribution is -2.31. The summed E-state index contributed by atoms with van der Waals surface area (Å²) < 4.78 is 0. The van der Waals surface area contributed by atoms with Crippen molar-refractivity contribution in [3.8, 4) is 11.8 Å². The van der Waals surface area contributed by atoms with Crippen molar-refractivity contribution in [2.45, 2.75) is 50.8 Å². The van der Waals surface area contributed by atoms with E-state index in [1.165, 1.54) is 12.8 Å². The van der Waals surface area contributed by atoms with Crippen LogP contribution in [-0.4, -0.2) is 23.3 Å². The summed E-state index contributed by atoms with van der Waals surface area (Å²) in [6.07, 6.45) is 4.12. The minimum atomic E-state index is -0.213. The minimum absolute atomic E-state index is 0.213. The van der Waals surface area contributed by atoms with E-state index in [0.29, 0.717) is 24.4 Å². The lowest BCUT2D eigenvalue weighted by molar-refractivity contribution is 0.0973. The largest absolute Gasteiger partial charge is 0.392 e. The van der Waals surface area contributed by atoms with Crippen molar-refractivity contribution in [1.29, 1.82) is 0 Å². The van der Waals surface area contributed by atoms with E-state index < -0.39 is 0 Å². The van der Waals surface area contributed by atoms with Crippen LogP contribution in [0.3, 0.4) is 0 Å². The normalized spacial score (nSPS) is 38.5. The van der Waals surface area contributed by atoms with Crippen molar-refractivity contribution in [2.24, 2.45) is 5.92 Å². The molecule has 0 aliphatic carbocycles. The molecule has 0 aromatic rings. The third-order valence-electron chi connectivity index (χ3n) is 3.33. The third kappa shape index (κ3) is 1.72. The van der Waals surface area contributed by atoms with Gasteiger partial charge in [0.2, 0.25) is 0 Å². The number of hydrogen-bond donors (Lipinski definition) is 2. The number of aliphatic hydroxyl groups is 1. The first-order valence-electron chi connectivity index (χ1n) is 5.15. The number of hydrogen-bond acceptors (Lipinski definition) is 2. The molecule has 13 heavy (non-hydrogen) atoms. The molecule has 2 saturated heterocycles. The Kier molecular flexibility index (Phi) is 2.57. The SMILES string of the molecule is CC#CCC(O)C1CC2CCC1N2. The van der Waals surface area contributed by atoms with Crippen molar-refractivity contribution in [3.05, 3.63) is 0 Å². The highest BCUT2D eigenvalue weighted by Gasteiger charge is 2.41. The number of fused-ring (bicyclic) bond motifs is 2. The first-order valence-corrected chi connectivity index (χ1v) is 5.15. The van der Waals surface area contributed by atoms with E-state index in [1.807, 2.05) is 6.92 Å². The summed E-state index contributed by atoms with van der Waals surface area (Å²) >= 11 is 0. The highest BCUT2D eigenvalue weighted by atomic mass is 16.3. The van der Waals surface area contributed by atoms with Gasteiger partial charge in [0, 0.05) is 24.4 Å². The highest BCUT2D eigenvalue weighted by Crippen LogP contribution is 2.35. The maximum Gasteiger partial charge on any atom is 0.0692 e. The van der Waals surface area contributed by atoms with Crippen LogP contribution in [0, 0.1) is 17.8 Å². The summed E-state index contributed by atoms with van der Waals surface area (Å²) in [7, 11) is 0. The summed E-state index contributed by atoms with van der Waals surface area (Å²) in [6.45, 7) is 1.83. The molecule has 0 saturated carbocycles. The van der Waals surface area contributed by atoms with Crippen LogP contribution in [0.15, 0.2) is 0 Å². The van der Waals surface area contributed by atoms with E-state index in [2.05, 4.69) is 17.2 Å². The molecule has 72 valence electrons. The first-order chi connectivity index (χ1) is 6.31. The van der Waals surface area contributed by atoms with Crippen molar-refractivity contribution in [1.82, 2.24) is 5.32 Å². The molecule has 2 aliphatic heterocycles. The van der Waals surface area contributed by atoms with Gasteiger partial charge >= 0.3 is 0 Å². The van der Waals surface area contributed by atoms with Crippen molar-refractivity contribution >= 4 is 0 Å². The van der Waals surface area contributed by atoms with Crippen LogP contribution < -0.4 is 5.32 Å². The van der Waals surface area contributed by atoms with Gasteiger partial charge in [0.1, 0.15) is 0 Å². The molecule has 0 radical (unpaired) electrons. The molecule has 2 N–H and O–H groups in total. The lowest BCUT2D eigenvalue weighted by Gasteiger charge is -2.23. The zero-order chi connectivity index (χ0) is 9.26. The molecule has 4 unspecified atom stereocenters. The summed E-state index contributed by atoms with van der Waals surface area (Å²) in [4.78, 5) is 0. The van der Waals surface area contributed by atoms with Crippen LogP contribution in [0.4, 0.5) is 0 Å². The number of aliphatic hydroxyl groups excluding tert-OH is 1. The molecule has 2 heteroatoms. The summed E-state index contributed by atoms with van der Waals surface area (Å²) in [6, 6.07) is 1.25. The molecule has 2 heterocycles. The van der Waals surface area contributed by atoms with Gasteiger partial charge in [-0.25, -0.2) is 0 Å². The summed E-state index contributed by atoms with van der Waals surface area (Å²) in [5.74, 6) is 6.25. The summed E-state index contributed by atoms with van der Waals surface area (Å²) in [5, 5.41) is 13.4. The average Bonchev–Trinajstić information content (AvgIpc) is 2.74. The van der Waals surface area contributed by atoms with Gasteiger partial charge in [-0.15, -0.1) is 11.8 Å². The molecule has 2 fully saturated rings. The molecule has 0 amide bonds. The van der Waals surface area contributed by atoms with Crippen molar-refractivity contribution in [3.63, 3.8) is 0 Å². The van der Waals surface area contributed by atoms with E-state index >= 15 is 0 Å². The fourth-order valence-electron chi connectivity index (χ4n) is 2.65. The molecule has 2 rings (SSSR count). The molecule has 0 spiro atoms. The Morgan fingerprint density at radius 2 is 2.38 bits per heavy atom. The highest BCUT2D eigenvalue weighted by molar-refractivity contribution is 5.04. The van der Waals surface area contributed by atoms with Crippen LogP contribution in [0.25, 0.3) is 0 Å². The van der Waals surface area contributed by atoms with Gasteiger partial charge in [0.25, 0.3) is 0 Å². The Bertz CT molecular complexity index is 240. The maximum absolute atomic E-state index is 9.86. The molecular formula is C11H17NO. The van der Waals surface area contributed by atoms with Crippen LogP contribution in [0.2, 0.25) is 0 Å². The second-order valence-corrected chi connectivity index (χ2v) is 4.15. The van der Waals surface area contributed by atoms with E-state index in [9.17, 15) is 5.11 Å². The standard InChI is InChI=1S/C11H17NO/c1-2-3-4-11(13)9-7-8-5-6-10(9)12-8/h8-13H,4-7H2,1H3. The zero-order valence-electron chi connectivity index (χ0n) is 8.09. The fourth-order valence-corrected chi connectivity index (χ4v) is 2.65. The van der Waals surface area contributed by atoms with E-state index in [1.54, 1.807) is 0 Å². The zero-order valence-corrected chi connectivity index (χ0v) is 8.09. The quantitative estimate of drug-likeness (QED) is 0.617. The van der Waals surface area contributed by atoms with E-state index in [-0.39, 0.29) is 6.10 Å². The minimum Gasteiger partial charge on any atom is -0.392 e. The van der Waals surface area contributed by atoms with Crippen LogP contribution in [-0.2, 0) is 0 Å². The van der Waals surface area contributed by atoms with Gasteiger partial charge in [0.05, 0.1) is 6.10 Å². The molecule has 2 bridgehead atoms. The van der Waals surface area contributed by atoms with E-state index in [0.717, 1.165) is 6.42 Å². The predicted octanol–water partition coefficient (Wildman–Crippen LogP) is 0.901.